The van der Waals surface area contributed by atoms with Gasteiger partial charge in [0, 0.05) is 36.6 Å². The normalized spacial score (nSPS) is 13.7. The second-order valence-electron chi connectivity index (χ2n) is 7.23. The van der Waals surface area contributed by atoms with Crippen LogP contribution in [-0.2, 0) is 6.42 Å². The van der Waals surface area contributed by atoms with Crippen molar-refractivity contribution in [1.29, 1.82) is 0 Å². The molecule has 0 saturated heterocycles. The van der Waals surface area contributed by atoms with Crippen molar-refractivity contribution in [1.82, 2.24) is 29.4 Å². The molecule has 0 spiro atoms. The summed E-state index contributed by atoms with van der Waals surface area (Å²) in [6.07, 6.45) is 12.5. The first-order valence-electron chi connectivity index (χ1n) is 10.1. The molecule has 3 rings (SSSR count). The Morgan fingerprint density at radius 2 is 2.17 bits per heavy atom. The molecule has 0 aliphatic carbocycles. The van der Waals surface area contributed by atoms with Crippen LogP contribution in [-0.4, -0.2) is 65.1 Å². The van der Waals surface area contributed by atoms with Gasteiger partial charge in [0.1, 0.15) is 0 Å². The molecule has 0 aromatic carbocycles. The molecule has 30 heavy (non-hydrogen) atoms. The number of aliphatic hydroxyl groups excluding tert-OH is 2. The average molecular weight is 412 g/mol. The second kappa shape index (κ2) is 10.1. The van der Waals surface area contributed by atoms with Gasteiger partial charge in [-0.25, -0.2) is 9.50 Å². The lowest BCUT2D eigenvalue weighted by Crippen LogP contribution is -2.27. The maximum atomic E-state index is 9.56. The van der Waals surface area contributed by atoms with Crippen molar-refractivity contribution >= 4 is 11.7 Å². The summed E-state index contributed by atoms with van der Waals surface area (Å²) < 4.78 is 3.79. The van der Waals surface area contributed by atoms with E-state index >= 15 is 0 Å². The van der Waals surface area contributed by atoms with Crippen LogP contribution in [0.2, 0.25) is 0 Å². The molecule has 3 heterocycles. The van der Waals surface area contributed by atoms with Crippen LogP contribution < -0.4 is 0 Å². The largest absolute Gasteiger partial charge is 0.394 e. The minimum absolute atomic E-state index is 0.169. The highest BCUT2D eigenvalue weighted by Crippen LogP contribution is 2.24. The molecular weight excluding hydrogens is 382 g/mol. The summed E-state index contributed by atoms with van der Waals surface area (Å²) in [6, 6.07) is 2.27. The Balaban J connectivity index is 1.83. The summed E-state index contributed by atoms with van der Waals surface area (Å²) >= 11 is 0. The fraction of sp³-hybridized carbons (Fsp3) is 0.429. The highest BCUT2D eigenvalue weighted by molar-refractivity contribution is 5.76. The van der Waals surface area contributed by atoms with Crippen LogP contribution in [0, 0.1) is 0 Å². The van der Waals surface area contributed by atoms with Crippen molar-refractivity contribution in [3.63, 3.8) is 0 Å². The fourth-order valence-corrected chi connectivity index (χ4v) is 3.22. The summed E-state index contributed by atoms with van der Waals surface area (Å²) in [5, 5.41) is 33.2. The van der Waals surface area contributed by atoms with Gasteiger partial charge in [-0.05, 0) is 19.4 Å². The SMILES string of the molecule is C=CN(C[C@@H](O)CO)/N=C\Cc1cn2nccc2c(-c2cnn([C@@H](C)CCC)c2)n1. The summed E-state index contributed by atoms with van der Waals surface area (Å²) in [7, 11) is 0. The van der Waals surface area contributed by atoms with E-state index in [0.717, 1.165) is 35.3 Å². The summed E-state index contributed by atoms with van der Waals surface area (Å²) in [5.41, 5.74) is 3.48. The molecular formula is C21H29N7O2. The van der Waals surface area contributed by atoms with E-state index < -0.39 is 6.10 Å². The predicted octanol–water partition coefficient (Wildman–Crippen LogP) is 2.28. The number of aromatic nitrogens is 5. The third-order valence-corrected chi connectivity index (χ3v) is 4.82. The van der Waals surface area contributed by atoms with E-state index in [-0.39, 0.29) is 13.2 Å². The van der Waals surface area contributed by atoms with Crippen LogP contribution in [0.25, 0.3) is 16.8 Å². The quantitative estimate of drug-likeness (QED) is 0.371. The molecule has 2 N–H and O–H groups in total. The van der Waals surface area contributed by atoms with Crippen LogP contribution in [0.4, 0.5) is 0 Å². The number of nitrogens with zero attached hydrogens (tertiary/aromatic N) is 7. The third kappa shape index (κ3) is 5.11. The topological polar surface area (TPSA) is 104 Å². The molecule has 3 aromatic rings. The second-order valence-corrected chi connectivity index (χ2v) is 7.23. The number of rotatable bonds is 11. The minimum Gasteiger partial charge on any atom is -0.394 e. The molecule has 9 heteroatoms. The van der Waals surface area contributed by atoms with E-state index in [1.54, 1.807) is 16.9 Å². The van der Waals surface area contributed by atoms with Crippen molar-refractivity contribution < 1.29 is 10.2 Å². The van der Waals surface area contributed by atoms with Gasteiger partial charge in [-0.15, -0.1) is 0 Å². The zero-order valence-corrected chi connectivity index (χ0v) is 17.5. The first-order valence-corrected chi connectivity index (χ1v) is 10.1. The van der Waals surface area contributed by atoms with Gasteiger partial charge in [0.05, 0.1) is 54.8 Å². The Hall–Kier alpha value is -3.04. The smallest absolute Gasteiger partial charge is 0.0995 e. The highest BCUT2D eigenvalue weighted by Gasteiger charge is 2.13. The Morgan fingerprint density at radius 3 is 2.90 bits per heavy atom. The van der Waals surface area contributed by atoms with Crippen molar-refractivity contribution in [2.75, 3.05) is 13.2 Å². The lowest BCUT2D eigenvalue weighted by molar-refractivity contribution is 0.0726. The first-order chi connectivity index (χ1) is 14.5. The number of fused-ring (bicyclic) bond motifs is 1. The molecule has 0 saturated carbocycles. The van der Waals surface area contributed by atoms with Gasteiger partial charge in [-0.2, -0.15) is 15.3 Å². The lowest BCUT2D eigenvalue weighted by Gasteiger charge is -2.16. The lowest BCUT2D eigenvalue weighted by atomic mass is 10.2. The number of hydrogen-bond donors (Lipinski definition) is 2. The highest BCUT2D eigenvalue weighted by atomic mass is 16.3. The minimum atomic E-state index is -0.878. The van der Waals surface area contributed by atoms with Crippen LogP contribution in [0.15, 0.2) is 48.7 Å². The molecule has 3 aromatic heterocycles. The van der Waals surface area contributed by atoms with Gasteiger partial charge in [-0.1, -0.05) is 19.9 Å². The van der Waals surface area contributed by atoms with Gasteiger partial charge in [0.25, 0.3) is 0 Å². The van der Waals surface area contributed by atoms with E-state index in [9.17, 15) is 5.11 Å². The van der Waals surface area contributed by atoms with Crippen LogP contribution in [0.1, 0.15) is 38.4 Å². The maximum Gasteiger partial charge on any atom is 0.0995 e. The van der Waals surface area contributed by atoms with E-state index in [2.05, 4.69) is 35.7 Å². The molecule has 0 bridgehead atoms. The van der Waals surface area contributed by atoms with E-state index in [1.165, 1.54) is 11.2 Å². The third-order valence-electron chi connectivity index (χ3n) is 4.82. The van der Waals surface area contributed by atoms with Crippen molar-refractivity contribution in [2.45, 2.75) is 45.3 Å². The van der Waals surface area contributed by atoms with Crippen molar-refractivity contribution in [3.8, 4) is 11.3 Å². The van der Waals surface area contributed by atoms with Gasteiger partial charge in [0.15, 0.2) is 0 Å². The Labute approximate surface area is 176 Å². The summed E-state index contributed by atoms with van der Waals surface area (Å²) in [5.74, 6) is 0. The number of aliphatic hydroxyl groups is 2. The molecule has 0 aliphatic rings. The molecule has 0 amide bonds. The summed E-state index contributed by atoms with van der Waals surface area (Å²) in [4.78, 5) is 4.82. The Morgan fingerprint density at radius 1 is 1.33 bits per heavy atom. The zero-order chi connectivity index (χ0) is 21.5. The number of hydrazone groups is 1. The fourth-order valence-electron chi connectivity index (χ4n) is 3.22. The molecule has 160 valence electrons. The maximum absolute atomic E-state index is 9.56. The number of hydrogen-bond acceptors (Lipinski definition) is 7. The van der Waals surface area contributed by atoms with Gasteiger partial charge < -0.3 is 10.2 Å². The van der Waals surface area contributed by atoms with E-state index in [1.807, 2.05) is 29.3 Å². The molecule has 2 atom stereocenters. The van der Waals surface area contributed by atoms with E-state index in [4.69, 9.17) is 10.1 Å². The summed E-state index contributed by atoms with van der Waals surface area (Å²) in [6.45, 7) is 7.84. The van der Waals surface area contributed by atoms with Crippen molar-refractivity contribution in [2.24, 2.45) is 5.10 Å². The Kier molecular flexibility index (Phi) is 7.31. The predicted molar refractivity (Wildman–Crippen MR) is 116 cm³/mol. The molecule has 9 nitrogen and oxygen atoms in total. The Bertz CT molecular complexity index is 994. The van der Waals surface area contributed by atoms with Gasteiger partial charge in [0.2, 0.25) is 0 Å². The monoisotopic (exact) mass is 411 g/mol. The molecule has 0 aliphatic heterocycles. The first kappa shape index (κ1) is 21.7. The van der Waals surface area contributed by atoms with E-state index in [0.29, 0.717) is 12.5 Å². The standard InChI is InChI=1S/C21H29N7O2/c1-4-6-16(3)27-12-17(11-24-27)21-20-8-10-23-28(20)13-18(25-21)7-9-22-26(5-2)14-19(30)15-29/h5,8-13,16,19,29-30H,2,4,6-7,14-15H2,1,3H3/b22-9-/t16-,19+/m0/s1. The van der Waals surface area contributed by atoms with Crippen LogP contribution >= 0.6 is 0 Å². The van der Waals surface area contributed by atoms with Crippen LogP contribution in [0.5, 0.6) is 0 Å². The molecule has 0 radical (unpaired) electrons. The van der Waals surface area contributed by atoms with Gasteiger partial charge >= 0.3 is 0 Å². The average Bonchev–Trinajstić information content (AvgIpc) is 3.42. The van der Waals surface area contributed by atoms with Gasteiger partial charge in [-0.3, -0.25) is 9.69 Å². The zero-order valence-electron chi connectivity index (χ0n) is 17.5. The van der Waals surface area contributed by atoms with Crippen LogP contribution in [0.3, 0.4) is 0 Å². The molecule has 0 unspecified atom stereocenters. The molecule has 0 fully saturated rings. The van der Waals surface area contributed by atoms with Crippen molar-refractivity contribution in [3.05, 3.63) is 49.3 Å².